The highest BCUT2D eigenvalue weighted by Crippen LogP contribution is 2.36. The van der Waals surface area contributed by atoms with Gasteiger partial charge in [-0.25, -0.2) is 9.59 Å². The van der Waals surface area contributed by atoms with E-state index in [1.54, 1.807) is 45.0 Å². The molecule has 1 saturated carbocycles. The van der Waals surface area contributed by atoms with E-state index >= 15 is 0 Å². The molecule has 0 radical (unpaired) electrons. The summed E-state index contributed by atoms with van der Waals surface area (Å²) in [6.07, 6.45) is 0.308. The highest BCUT2D eigenvalue weighted by Gasteiger charge is 2.41. The Kier molecular flexibility index (Phi) is 8.98. The van der Waals surface area contributed by atoms with Gasteiger partial charge in [-0.05, 0) is 69.2 Å². The zero-order valence-electron chi connectivity index (χ0n) is 21.0. The Hall–Kier alpha value is -3.53. The quantitative estimate of drug-likeness (QED) is 0.470. The molecule has 1 aromatic rings. The van der Waals surface area contributed by atoms with Gasteiger partial charge in [0, 0.05) is 30.2 Å². The Balaban J connectivity index is 1.69. The number of ether oxygens (including phenoxy) is 3. The van der Waals surface area contributed by atoms with Crippen molar-refractivity contribution in [3.05, 3.63) is 35.4 Å². The van der Waals surface area contributed by atoms with Gasteiger partial charge in [0.1, 0.15) is 5.60 Å². The molecule has 4 unspecified atom stereocenters. The molecule has 0 bridgehead atoms. The second kappa shape index (κ2) is 11.9. The lowest BCUT2D eigenvalue weighted by Crippen LogP contribution is -2.62. The topological polar surface area (TPSA) is 114 Å². The number of nitrogens with one attached hydrogen (secondary N) is 1. The molecule has 9 nitrogen and oxygen atoms in total. The molecular formula is C27H32N2O7. The van der Waals surface area contributed by atoms with Crippen LogP contribution in [0, 0.1) is 35.5 Å². The van der Waals surface area contributed by atoms with Crippen LogP contribution in [-0.2, 0) is 19.0 Å². The molecule has 0 spiro atoms. The van der Waals surface area contributed by atoms with Gasteiger partial charge < -0.3 is 24.6 Å². The van der Waals surface area contributed by atoms with Crippen LogP contribution in [0.25, 0.3) is 0 Å². The average Bonchev–Trinajstić information content (AvgIpc) is 3.62. The van der Waals surface area contributed by atoms with Gasteiger partial charge in [0.25, 0.3) is 5.91 Å². The maximum Gasteiger partial charge on any atom is 0.410 e. The normalized spacial score (nSPS) is 21.6. The number of nitrogens with zero attached hydrogens (tertiary/aromatic N) is 1. The second-order valence-electron chi connectivity index (χ2n) is 9.67. The largest absolute Gasteiger partial charge is 0.467 e. The van der Waals surface area contributed by atoms with Crippen molar-refractivity contribution in [2.75, 3.05) is 33.5 Å². The van der Waals surface area contributed by atoms with E-state index in [1.807, 2.05) is 0 Å². The molecule has 1 aliphatic heterocycles. The molecule has 1 saturated heterocycles. The number of rotatable bonds is 5. The number of carbonyl (C=O) groups is 3. The van der Waals surface area contributed by atoms with Crippen LogP contribution in [0.15, 0.2) is 24.3 Å². The van der Waals surface area contributed by atoms with E-state index in [1.165, 1.54) is 12.0 Å². The fraction of sp³-hybridized carbons (Fsp3) is 0.519. The molecule has 0 aromatic heterocycles. The first-order valence-electron chi connectivity index (χ1n) is 11.8. The van der Waals surface area contributed by atoms with Crippen LogP contribution in [0.4, 0.5) is 4.79 Å². The lowest BCUT2D eigenvalue weighted by Gasteiger charge is -2.39. The van der Waals surface area contributed by atoms with E-state index in [9.17, 15) is 14.4 Å². The standard InChI is InChI=1S/C27H32N2O7/c1-27(2,3)36-26(33)29-13-14-35-17-22(29)23(25(32)34-4)28-24(31)19-11-9-18(10-12-19)7-5-6-8-20-15-21(20)16-30/h9-12,20-23,30H,13-17H2,1-4H3,(H,28,31). The number of morpholine rings is 1. The zero-order chi connectivity index (χ0) is 26.3. The number of hydrogen-bond donors (Lipinski definition) is 2. The van der Waals surface area contributed by atoms with Crippen molar-refractivity contribution in [2.24, 2.45) is 11.8 Å². The van der Waals surface area contributed by atoms with Crippen LogP contribution >= 0.6 is 0 Å². The van der Waals surface area contributed by atoms with E-state index in [2.05, 4.69) is 29.0 Å². The fourth-order valence-electron chi connectivity index (χ4n) is 3.67. The summed E-state index contributed by atoms with van der Waals surface area (Å²) in [6.45, 7) is 5.93. The third-order valence-corrected chi connectivity index (χ3v) is 5.75. The van der Waals surface area contributed by atoms with Gasteiger partial charge in [0.2, 0.25) is 0 Å². The summed E-state index contributed by atoms with van der Waals surface area (Å²) in [7, 11) is 1.21. The van der Waals surface area contributed by atoms with Gasteiger partial charge in [0.15, 0.2) is 6.04 Å². The second-order valence-corrected chi connectivity index (χ2v) is 9.67. The predicted molar refractivity (Wildman–Crippen MR) is 131 cm³/mol. The van der Waals surface area contributed by atoms with Crippen LogP contribution in [0.2, 0.25) is 0 Å². The van der Waals surface area contributed by atoms with E-state index in [4.69, 9.17) is 19.3 Å². The lowest BCUT2D eigenvalue weighted by molar-refractivity contribution is -0.146. The van der Waals surface area contributed by atoms with Crippen LogP contribution in [-0.4, -0.2) is 79.1 Å². The minimum atomic E-state index is -1.16. The van der Waals surface area contributed by atoms with Crippen LogP contribution in [0.3, 0.4) is 0 Å². The molecule has 2 fully saturated rings. The Morgan fingerprint density at radius 2 is 1.94 bits per heavy atom. The van der Waals surface area contributed by atoms with E-state index in [0.717, 1.165) is 6.42 Å². The SMILES string of the molecule is COC(=O)C(NC(=O)c1ccc(C#CC#CC2CC2CO)cc1)C1COCCN1C(=O)OC(C)(C)C. The summed E-state index contributed by atoms with van der Waals surface area (Å²) in [5.74, 6) is 10.8. The maximum atomic E-state index is 13.0. The Morgan fingerprint density at radius 1 is 1.22 bits per heavy atom. The highest BCUT2D eigenvalue weighted by atomic mass is 16.6. The minimum absolute atomic E-state index is 0.0365. The molecule has 2 aliphatic rings. The summed E-state index contributed by atoms with van der Waals surface area (Å²) >= 11 is 0. The van der Waals surface area contributed by atoms with Crippen molar-refractivity contribution < 1.29 is 33.7 Å². The number of hydrogen-bond acceptors (Lipinski definition) is 7. The average molecular weight is 497 g/mol. The zero-order valence-corrected chi connectivity index (χ0v) is 21.0. The van der Waals surface area contributed by atoms with Gasteiger partial charge >= 0.3 is 12.1 Å². The highest BCUT2D eigenvalue weighted by molar-refractivity contribution is 5.97. The Labute approximate surface area is 211 Å². The van der Waals surface area contributed by atoms with Crippen molar-refractivity contribution in [1.82, 2.24) is 10.2 Å². The smallest absolute Gasteiger partial charge is 0.410 e. The summed E-state index contributed by atoms with van der Waals surface area (Å²) in [6, 6.07) is 4.59. The number of benzene rings is 1. The third kappa shape index (κ3) is 7.48. The number of esters is 1. The number of aliphatic hydroxyl groups excluding tert-OH is 1. The lowest BCUT2D eigenvalue weighted by atomic mass is 10.0. The number of amides is 2. The van der Waals surface area contributed by atoms with Crippen molar-refractivity contribution in [3.8, 4) is 23.7 Å². The van der Waals surface area contributed by atoms with E-state index < -0.39 is 35.7 Å². The van der Waals surface area contributed by atoms with Crippen LogP contribution < -0.4 is 5.32 Å². The molecule has 9 heteroatoms. The summed E-state index contributed by atoms with van der Waals surface area (Å²) in [4.78, 5) is 39.7. The Morgan fingerprint density at radius 3 is 2.56 bits per heavy atom. The van der Waals surface area contributed by atoms with Crippen molar-refractivity contribution in [1.29, 1.82) is 0 Å². The molecule has 4 atom stereocenters. The van der Waals surface area contributed by atoms with Gasteiger partial charge in [0.05, 0.1) is 26.4 Å². The molecule has 1 aromatic carbocycles. The number of carbonyl (C=O) groups excluding carboxylic acids is 3. The van der Waals surface area contributed by atoms with Gasteiger partial charge in [-0.2, -0.15) is 0 Å². The molecule has 1 heterocycles. The predicted octanol–water partition coefficient (Wildman–Crippen LogP) is 1.58. The maximum absolute atomic E-state index is 13.0. The molecule has 3 rings (SSSR count). The first-order chi connectivity index (χ1) is 17.1. The Bertz CT molecular complexity index is 1090. The first-order valence-corrected chi connectivity index (χ1v) is 11.8. The number of methoxy groups -OCH3 is 1. The van der Waals surface area contributed by atoms with Crippen molar-refractivity contribution >= 4 is 18.0 Å². The third-order valence-electron chi connectivity index (χ3n) is 5.75. The molecular weight excluding hydrogens is 464 g/mol. The monoisotopic (exact) mass is 496 g/mol. The fourth-order valence-corrected chi connectivity index (χ4v) is 3.67. The summed E-state index contributed by atoms with van der Waals surface area (Å²) in [5, 5.41) is 11.7. The summed E-state index contributed by atoms with van der Waals surface area (Å²) in [5.41, 5.74) is 0.265. The van der Waals surface area contributed by atoms with Gasteiger partial charge in [-0.1, -0.05) is 11.8 Å². The minimum Gasteiger partial charge on any atom is -0.467 e. The molecule has 2 amide bonds. The molecule has 2 N–H and O–H groups in total. The van der Waals surface area contributed by atoms with E-state index in [0.29, 0.717) is 11.1 Å². The van der Waals surface area contributed by atoms with E-state index in [-0.39, 0.29) is 38.2 Å². The van der Waals surface area contributed by atoms with Crippen LogP contribution in [0.5, 0.6) is 0 Å². The van der Waals surface area contributed by atoms with Crippen LogP contribution in [0.1, 0.15) is 43.1 Å². The van der Waals surface area contributed by atoms with Gasteiger partial charge in [-0.15, -0.1) is 0 Å². The summed E-state index contributed by atoms with van der Waals surface area (Å²) < 4.78 is 15.9. The van der Waals surface area contributed by atoms with Gasteiger partial charge in [-0.3, -0.25) is 9.69 Å². The molecule has 192 valence electrons. The number of aliphatic hydroxyl groups is 1. The molecule has 1 aliphatic carbocycles. The molecule has 36 heavy (non-hydrogen) atoms. The first kappa shape index (κ1) is 27.1. The van der Waals surface area contributed by atoms with Crippen molar-refractivity contribution in [3.63, 3.8) is 0 Å². The van der Waals surface area contributed by atoms with Crippen molar-refractivity contribution in [2.45, 2.75) is 44.9 Å².